The van der Waals surface area contributed by atoms with E-state index in [2.05, 4.69) is 10.1 Å². The maximum absolute atomic E-state index is 12.9. The average Bonchev–Trinajstić information content (AvgIpc) is 2.66. The first kappa shape index (κ1) is 13.9. The number of carbonyl (C=O) groups is 1. The maximum atomic E-state index is 12.9. The maximum Gasteiger partial charge on any atom is 0.189 e. The van der Waals surface area contributed by atoms with E-state index in [-0.39, 0.29) is 11.5 Å². The smallest absolute Gasteiger partial charge is 0.189 e. The predicted molar refractivity (Wildman–Crippen MR) is 69.6 cm³/mol. The van der Waals surface area contributed by atoms with Gasteiger partial charge >= 0.3 is 0 Å². The lowest BCUT2D eigenvalue weighted by atomic mass is 9.94. The highest BCUT2D eigenvalue weighted by molar-refractivity contribution is 6.04. The van der Waals surface area contributed by atoms with Gasteiger partial charge in [0.1, 0.15) is 5.82 Å². The van der Waals surface area contributed by atoms with Crippen LogP contribution < -0.4 is 0 Å². The molecule has 0 fully saturated rings. The highest BCUT2D eigenvalue weighted by Gasteiger charge is 2.28. The number of ketones is 1. The Kier molecular flexibility index (Phi) is 3.61. The Hall–Kier alpha value is -2.55. The highest BCUT2D eigenvalue weighted by Crippen LogP contribution is 2.23. The fourth-order valence-corrected chi connectivity index (χ4v) is 2.09. The van der Waals surface area contributed by atoms with E-state index in [0.29, 0.717) is 17.0 Å². The third-order valence-corrected chi connectivity index (χ3v) is 3.19. The molecule has 0 bridgehead atoms. The average molecular weight is 272 g/mol. The summed E-state index contributed by atoms with van der Waals surface area (Å²) >= 11 is 0. The first-order chi connectivity index (χ1) is 9.45. The largest absolute Gasteiger partial charge is 0.292 e. The van der Waals surface area contributed by atoms with Crippen LogP contribution in [-0.2, 0) is 7.05 Å². The van der Waals surface area contributed by atoms with Crippen molar-refractivity contribution in [1.82, 2.24) is 14.8 Å². The van der Waals surface area contributed by atoms with E-state index in [9.17, 15) is 14.4 Å². The van der Waals surface area contributed by atoms with Gasteiger partial charge in [-0.2, -0.15) is 10.4 Å². The molecule has 0 aromatic carbocycles. The van der Waals surface area contributed by atoms with Gasteiger partial charge in [-0.25, -0.2) is 4.39 Å². The van der Waals surface area contributed by atoms with Crippen molar-refractivity contribution in [2.45, 2.75) is 19.8 Å². The lowest BCUT2D eigenvalue weighted by Gasteiger charge is -2.08. The van der Waals surface area contributed by atoms with E-state index in [1.54, 1.807) is 25.6 Å². The van der Waals surface area contributed by atoms with Crippen LogP contribution in [0, 0.1) is 31.0 Å². The first-order valence-electron chi connectivity index (χ1n) is 6.01. The van der Waals surface area contributed by atoms with E-state index in [0.717, 1.165) is 6.20 Å². The summed E-state index contributed by atoms with van der Waals surface area (Å²) in [6, 6.07) is 4.46. The zero-order valence-corrected chi connectivity index (χ0v) is 11.4. The van der Waals surface area contributed by atoms with Crippen LogP contribution >= 0.6 is 0 Å². The second kappa shape index (κ2) is 5.21. The number of carbonyl (C=O) groups excluding carboxylic acids is 1. The van der Waals surface area contributed by atoms with Crippen LogP contribution in [0.1, 0.15) is 33.4 Å². The number of hydrogen-bond donors (Lipinski definition) is 0. The summed E-state index contributed by atoms with van der Waals surface area (Å²) in [7, 11) is 1.73. The predicted octanol–water partition coefficient (Wildman–Crippen LogP) is 2.06. The van der Waals surface area contributed by atoms with Crippen molar-refractivity contribution in [3.05, 3.63) is 46.8 Å². The summed E-state index contributed by atoms with van der Waals surface area (Å²) in [4.78, 5) is 16.3. The van der Waals surface area contributed by atoms with Crippen LogP contribution in [0.3, 0.4) is 0 Å². The van der Waals surface area contributed by atoms with Gasteiger partial charge in [-0.3, -0.25) is 14.5 Å². The fraction of sp³-hybridized carbons (Fsp3) is 0.286. The lowest BCUT2D eigenvalue weighted by Crippen LogP contribution is -2.14. The van der Waals surface area contributed by atoms with Crippen molar-refractivity contribution in [3.63, 3.8) is 0 Å². The summed E-state index contributed by atoms with van der Waals surface area (Å²) in [5, 5.41) is 13.4. The number of nitriles is 1. The molecule has 2 aromatic heterocycles. The Labute approximate surface area is 115 Å². The molecule has 2 rings (SSSR count). The number of pyridine rings is 1. The molecular formula is C14H13FN4O. The zero-order valence-electron chi connectivity index (χ0n) is 11.4. The van der Waals surface area contributed by atoms with Crippen LogP contribution in [0.4, 0.5) is 4.39 Å². The molecule has 1 atom stereocenters. The highest BCUT2D eigenvalue weighted by atomic mass is 19.1. The lowest BCUT2D eigenvalue weighted by molar-refractivity contribution is 0.0976. The van der Waals surface area contributed by atoms with Gasteiger partial charge in [-0.1, -0.05) is 0 Å². The Morgan fingerprint density at radius 3 is 2.60 bits per heavy atom. The molecule has 2 aromatic rings. The molecular weight excluding hydrogens is 259 g/mol. The van der Waals surface area contributed by atoms with Gasteiger partial charge in [0, 0.05) is 12.7 Å². The van der Waals surface area contributed by atoms with Crippen LogP contribution in [0.25, 0.3) is 0 Å². The molecule has 0 aliphatic heterocycles. The third kappa shape index (κ3) is 2.30. The monoisotopic (exact) mass is 272 g/mol. The molecule has 5 nitrogen and oxygen atoms in total. The van der Waals surface area contributed by atoms with Crippen LogP contribution in [0.5, 0.6) is 0 Å². The van der Waals surface area contributed by atoms with Gasteiger partial charge in [0.2, 0.25) is 0 Å². The van der Waals surface area contributed by atoms with Crippen LogP contribution in [0.2, 0.25) is 0 Å². The number of nitrogens with zero attached hydrogens (tertiary/aromatic N) is 4. The number of halogens is 1. The van der Waals surface area contributed by atoms with Gasteiger partial charge in [0.15, 0.2) is 11.7 Å². The van der Waals surface area contributed by atoms with Crippen molar-refractivity contribution in [1.29, 1.82) is 5.26 Å². The second-order valence-corrected chi connectivity index (χ2v) is 4.50. The molecule has 20 heavy (non-hydrogen) atoms. The molecule has 2 heterocycles. The normalized spacial score (nSPS) is 11.9. The van der Waals surface area contributed by atoms with Gasteiger partial charge in [-0.05, 0) is 26.0 Å². The van der Waals surface area contributed by atoms with Crippen LogP contribution in [0.15, 0.2) is 18.3 Å². The quantitative estimate of drug-likeness (QED) is 0.802. The van der Waals surface area contributed by atoms with Gasteiger partial charge in [-0.15, -0.1) is 0 Å². The molecule has 0 spiro atoms. The summed E-state index contributed by atoms with van der Waals surface area (Å²) in [5.41, 5.74) is 1.92. The molecule has 0 saturated heterocycles. The molecule has 102 valence electrons. The molecule has 0 amide bonds. The molecule has 1 unspecified atom stereocenters. The summed E-state index contributed by atoms with van der Waals surface area (Å²) < 4.78 is 14.5. The van der Waals surface area contributed by atoms with E-state index < -0.39 is 11.7 Å². The standard InChI is InChI=1S/C14H13FN4O/c1-8-13(9(2)19(3)18-8)14(20)11(6-16)12-5-4-10(15)7-17-12/h4-5,7,11H,1-3H3. The number of rotatable bonds is 3. The topological polar surface area (TPSA) is 71.6 Å². The fourth-order valence-electron chi connectivity index (χ4n) is 2.09. The molecule has 0 aliphatic carbocycles. The summed E-state index contributed by atoms with van der Waals surface area (Å²) in [5.74, 6) is -1.93. The van der Waals surface area contributed by atoms with Gasteiger partial charge < -0.3 is 0 Å². The minimum absolute atomic E-state index is 0.238. The first-order valence-corrected chi connectivity index (χ1v) is 6.01. The Bertz CT molecular complexity index is 697. The molecule has 0 radical (unpaired) electrons. The number of aromatic nitrogens is 3. The molecule has 0 N–H and O–H groups in total. The van der Waals surface area contributed by atoms with E-state index >= 15 is 0 Å². The minimum atomic E-state index is -1.06. The van der Waals surface area contributed by atoms with Gasteiger partial charge in [0.05, 0.1) is 29.2 Å². The number of Topliss-reactive ketones (excluding diaryl/α,β-unsaturated/α-hetero) is 1. The van der Waals surface area contributed by atoms with Crippen molar-refractivity contribution in [3.8, 4) is 6.07 Å². The third-order valence-electron chi connectivity index (χ3n) is 3.19. The van der Waals surface area contributed by atoms with Crippen molar-refractivity contribution >= 4 is 5.78 Å². The molecule has 6 heteroatoms. The van der Waals surface area contributed by atoms with Crippen molar-refractivity contribution < 1.29 is 9.18 Å². The van der Waals surface area contributed by atoms with Gasteiger partial charge in [0.25, 0.3) is 0 Å². The SMILES string of the molecule is Cc1nn(C)c(C)c1C(=O)C(C#N)c1ccc(F)cn1. The van der Waals surface area contributed by atoms with E-state index in [1.807, 2.05) is 6.07 Å². The van der Waals surface area contributed by atoms with Crippen molar-refractivity contribution in [2.24, 2.45) is 7.05 Å². The van der Waals surface area contributed by atoms with Crippen LogP contribution in [-0.4, -0.2) is 20.5 Å². The number of hydrogen-bond acceptors (Lipinski definition) is 4. The number of aryl methyl sites for hydroxylation is 2. The molecule has 0 aliphatic rings. The van der Waals surface area contributed by atoms with E-state index in [4.69, 9.17) is 0 Å². The Balaban J connectivity index is 2.45. The zero-order chi connectivity index (χ0) is 14.9. The summed E-state index contributed by atoms with van der Waals surface area (Å²) in [6.07, 6.45) is 0.996. The summed E-state index contributed by atoms with van der Waals surface area (Å²) in [6.45, 7) is 3.48. The molecule has 0 saturated carbocycles. The minimum Gasteiger partial charge on any atom is -0.292 e. The van der Waals surface area contributed by atoms with E-state index in [1.165, 1.54) is 12.1 Å². The van der Waals surface area contributed by atoms with Crippen molar-refractivity contribution in [2.75, 3.05) is 0 Å². The Morgan fingerprint density at radius 1 is 1.45 bits per heavy atom. The Morgan fingerprint density at radius 2 is 2.15 bits per heavy atom. The second-order valence-electron chi connectivity index (χ2n) is 4.50.